The molecule has 6 nitrogen and oxygen atoms in total. The Morgan fingerprint density at radius 1 is 1.08 bits per heavy atom. The summed E-state index contributed by atoms with van der Waals surface area (Å²) in [6.07, 6.45) is 1.55. The van der Waals surface area contributed by atoms with Gasteiger partial charge in [0.2, 0.25) is 0 Å². The normalized spacial score (nSPS) is 11.2. The summed E-state index contributed by atoms with van der Waals surface area (Å²) in [5.41, 5.74) is 9.89. The van der Waals surface area contributed by atoms with Gasteiger partial charge in [-0.2, -0.15) is 0 Å². The van der Waals surface area contributed by atoms with Crippen molar-refractivity contribution in [2.45, 2.75) is 38.1 Å². The molecule has 2 rings (SSSR count). The number of aryl methyl sites for hydroxylation is 2. The van der Waals surface area contributed by atoms with E-state index in [1.807, 2.05) is 23.8 Å². The summed E-state index contributed by atoms with van der Waals surface area (Å²) in [6, 6.07) is 11.6. The first kappa shape index (κ1) is 19.9. The van der Waals surface area contributed by atoms with Crippen LogP contribution in [0.2, 0.25) is 0 Å². The highest BCUT2D eigenvalue weighted by molar-refractivity contribution is 7.90. The molecule has 0 saturated carbocycles. The average molecular weight is 375 g/mol. The van der Waals surface area contributed by atoms with Crippen molar-refractivity contribution in [3.8, 4) is 0 Å². The largest absolute Gasteiger partial charge is 0.337 e. The van der Waals surface area contributed by atoms with E-state index in [4.69, 9.17) is 5.73 Å². The molecule has 0 radical (unpaired) electrons. The van der Waals surface area contributed by atoms with E-state index >= 15 is 0 Å². The van der Waals surface area contributed by atoms with Crippen LogP contribution in [0.1, 0.15) is 29.2 Å². The molecule has 2 aromatic carbocycles. The second kappa shape index (κ2) is 8.82. The molecule has 0 unspecified atom stereocenters. The molecule has 26 heavy (non-hydrogen) atoms. The number of rotatable bonds is 7. The van der Waals surface area contributed by atoms with Gasteiger partial charge in [-0.25, -0.2) is 17.9 Å². The Morgan fingerprint density at radius 3 is 2.38 bits per heavy atom. The number of carbonyl (C=O) groups excluding carboxylic acids is 1. The molecule has 140 valence electrons. The predicted molar refractivity (Wildman–Crippen MR) is 102 cm³/mol. The minimum Gasteiger partial charge on any atom is -0.337 e. The number of urea groups is 1. The Morgan fingerprint density at radius 2 is 1.77 bits per heavy atom. The van der Waals surface area contributed by atoms with Crippen LogP contribution in [0.4, 0.5) is 4.79 Å². The van der Waals surface area contributed by atoms with E-state index in [-0.39, 0.29) is 4.90 Å². The monoisotopic (exact) mass is 375 g/mol. The van der Waals surface area contributed by atoms with Crippen LogP contribution in [0.25, 0.3) is 0 Å². The lowest BCUT2D eigenvalue weighted by atomic mass is 10.00. The molecular weight excluding hydrogens is 350 g/mol. The van der Waals surface area contributed by atoms with Crippen LogP contribution in [0.5, 0.6) is 0 Å². The maximum atomic E-state index is 12.2. The molecular formula is C19H25N3O3S. The standard InChI is InChI=1S/C19H25N3O3S/c1-3-16-12-14(2)4-7-17(16)10-11-21-19(23)22-26(24,25)18-8-5-15(13-20)6-9-18/h4-9,12H,3,10-11,13,20H2,1-2H3,(H2,21,22,23). The van der Waals surface area contributed by atoms with Crippen molar-refractivity contribution in [2.75, 3.05) is 6.54 Å². The van der Waals surface area contributed by atoms with Gasteiger partial charge in [0.15, 0.2) is 0 Å². The van der Waals surface area contributed by atoms with Gasteiger partial charge in [-0.05, 0) is 48.6 Å². The summed E-state index contributed by atoms with van der Waals surface area (Å²) in [4.78, 5) is 12.0. The number of nitrogens with two attached hydrogens (primary N) is 1. The van der Waals surface area contributed by atoms with Crippen molar-refractivity contribution >= 4 is 16.1 Å². The maximum absolute atomic E-state index is 12.2. The van der Waals surface area contributed by atoms with E-state index in [0.29, 0.717) is 19.5 Å². The summed E-state index contributed by atoms with van der Waals surface area (Å²) in [5, 5.41) is 2.60. The van der Waals surface area contributed by atoms with Crippen molar-refractivity contribution in [1.82, 2.24) is 10.0 Å². The first-order valence-corrected chi connectivity index (χ1v) is 10.0. The van der Waals surface area contributed by atoms with Crippen LogP contribution < -0.4 is 15.8 Å². The van der Waals surface area contributed by atoms with Gasteiger partial charge in [-0.15, -0.1) is 0 Å². The van der Waals surface area contributed by atoms with Crippen molar-refractivity contribution < 1.29 is 13.2 Å². The van der Waals surface area contributed by atoms with E-state index in [1.54, 1.807) is 12.1 Å². The fraction of sp³-hybridized carbons (Fsp3) is 0.316. The lowest BCUT2D eigenvalue weighted by Gasteiger charge is -2.11. The minimum absolute atomic E-state index is 0.0247. The third kappa shape index (κ3) is 5.31. The smallest absolute Gasteiger partial charge is 0.328 e. The highest BCUT2D eigenvalue weighted by atomic mass is 32.2. The lowest BCUT2D eigenvalue weighted by Crippen LogP contribution is -2.40. The number of hydrogen-bond donors (Lipinski definition) is 3. The molecule has 0 heterocycles. The Kier molecular flexibility index (Phi) is 6.76. The zero-order chi connectivity index (χ0) is 19.2. The van der Waals surface area contributed by atoms with Crippen molar-refractivity contribution in [3.05, 3.63) is 64.7 Å². The van der Waals surface area contributed by atoms with Gasteiger partial charge in [0.05, 0.1) is 4.90 Å². The van der Waals surface area contributed by atoms with Gasteiger partial charge in [0.1, 0.15) is 0 Å². The second-order valence-electron chi connectivity index (χ2n) is 6.09. The highest BCUT2D eigenvalue weighted by Crippen LogP contribution is 2.13. The van der Waals surface area contributed by atoms with Gasteiger partial charge in [0.25, 0.3) is 10.0 Å². The third-order valence-corrected chi connectivity index (χ3v) is 5.47. The molecule has 0 spiro atoms. The van der Waals surface area contributed by atoms with E-state index in [2.05, 4.69) is 18.3 Å². The Labute approximate surface area is 154 Å². The minimum atomic E-state index is -3.90. The van der Waals surface area contributed by atoms with Gasteiger partial charge < -0.3 is 11.1 Å². The Balaban J connectivity index is 1.91. The lowest BCUT2D eigenvalue weighted by molar-refractivity contribution is 0.246. The van der Waals surface area contributed by atoms with Crippen molar-refractivity contribution in [3.63, 3.8) is 0 Å². The molecule has 0 aromatic heterocycles. The average Bonchev–Trinajstić information content (AvgIpc) is 2.62. The molecule has 2 amide bonds. The van der Waals surface area contributed by atoms with Crippen LogP contribution in [-0.4, -0.2) is 21.0 Å². The van der Waals surface area contributed by atoms with Gasteiger partial charge in [-0.1, -0.05) is 42.8 Å². The molecule has 0 atom stereocenters. The van der Waals surface area contributed by atoms with Crippen LogP contribution >= 0.6 is 0 Å². The molecule has 4 N–H and O–H groups in total. The highest BCUT2D eigenvalue weighted by Gasteiger charge is 2.17. The maximum Gasteiger partial charge on any atom is 0.328 e. The zero-order valence-corrected chi connectivity index (χ0v) is 15.9. The quantitative estimate of drug-likeness (QED) is 0.691. The number of sulfonamides is 1. The molecule has 0 aliphatic rings. The summed E-state index contributed by atoms with van der Waals surface area (Å²) >= 11 is 0. The van der Waals surface area contributed by atoms with Crippen LogP contribution in [0, 0.1) is 6.92 Å². The fourth-order valence-corrected chi connectivity index (χ4v) is 3.59. The van der Waals surface area contributed by atoms with Gasteiger partial charge >= 0.3 is 6.03 Å². The van der Waals surface area contributed by atoms with E-state index < -0.39 is 16.1 Å². The summed E-state index contributed by atoms with van der Waals surface area (Å²) in [6.45, 7) is 4.80. The topological polar surface area (TPSA) is 101 Å². The van der Waals surface area contributed by atoms with Crippen LogP contribution in [0.15, 0.2) is 47.4 Å². The number of nitrogens with one attached hydrogen (secondary N) is 2. The number of carbonyl (C=O) groups is 1. The number of amides is 2. The first-order valence-electron chi connectivity index (χ1n) is 8.53. The Bertz CT molecular complexity index is 862. The zero-order valence-electron chi connectivity index (χ0n) is 15.1. The molecule has 0 aliphatic carbocycles. The molecule has 0 aliphatic heterocycles. The predicted octanol–water partition coefficient (Wildman–Crippen LogP) is 2.25. The summed E-state index contributed by atoms with van der Waals surface area (Å²) in [7, 11) is -3.90. The molecule has 7 heteroatoms. The van der Waals surface area contributed by atoms with E-state index in [9.17, 15) is 13.2 Å². The van der Waals surface area contributed by atoms with Crippen molar-refractivity contribution in [1.29, 1.82) is 0 Å². The van der Waals surface area contributed by atoms with Gasteiger partial charge in [-0.3, -0.25) is 0 Å². The molecule has 2 aromatic rings. The van der Waals surface area contributed by atoms with Crippen molar-refractivity contribution in [2.24, 2.45) is 5.73 Å². The third-order valence-electron chi connectivity index (χ3n) is 4.12. The van der Waals surface area contributed by atoms with Crippen LogP contribution in [-0.2, 0) is 29.4 Å². The second-order valence-corrected chi connectivity index (χ2v) is 7.77. The van der Waals surface area contributed by atoms with E-state index in [1.165, 1.54) is 23.3 Å². The fourth-order valence-electron chi connectivity index (χ4n) is 2.66. The SMILES string of the molecule is CCc1cc(C)ccc1CCNC(=O)NS(=O)(=O)c1ccc(CN)cc1. The number of benzene rings is 2. The van der Waals surface area contributed by atoms with Crippen LogP contribution in [0.3, 0.4) is 0 Å². The van der Waals surface area contributed by atoms with Gasteiger partial charge in [0, 0.05) is 13.1 Å². The molecule has 0 saturated heterocycles. The first-order chi connectivity index (χ1) is 12.4. The van der Waals surface area contributed by atoms with E-state index in [0.717, 1.165) is 17.5 Å². The summed E-state index contributed by atoms with van der Waals surface area (Å²) < 4.78 is 26.4. The summed E-state index contributed by atoms with van der Waals surface area (Å²) in [5.74, 6) is 0. The molecule has 0 fully saturated rings. The number of hydrogen-bond acceptors (Lipinski definition) is 4. The Hall–Kier alpha value is -2.38. The molecule has 0 bridgehead atoms.